The number of hydrogen-bond donors (Lipinski definition) is 1. The summed E-state index contributed by atoms with van der Waals surface area (Å²) in [5.41, 5.74) is 0. The zero-order valence-corrected chi connectivity index (χ0v) is 17.6. The SMILES string of the molecule is CCCCCCCCCCCCCCCCNS(=O)(=O)[O-].[Na+]. The Bertz CT molecular complexity index is 311. The molecule has 0 aliphatic carbocycles. The zero-order valence-electron chi connectivity index (χ0n) is 14.7. The normalized spacial score (nSPS) is 11.4. The average Bonchev–Trinajstić information content (AvgIpc) is 2.42. The van der Waals surface area contributed by atoms with Crippen molar-refractivity contribution >= 4 is 10.3 Å². The van der Waals surface area contributed by atoms with Crippen LogP contribution in [0.3, 0.4) is 0 Å². The summed E-state index contributed by atoms with van der Waals surface area (Å²) in [6, 6.07) is 0. The van der Waals surface area contributed by atoms with E-state index in [9.17, 15) is 13.0 Å². The van der Waals surface area contributed by atoms with E-state index in [-0.39, 0.29) is 36.1 Å². The van der Waals surface area contributed by atoms with Crippen molar-refractivity contribution in [1.82, 2.24) is 4.72 Å². The van der Waals surface area contributed by atoms with Gasteiger partial charge in [-0.15, -0.1) is 0 Å². The standard InChI is InChI=1S/C16H35NO3S.Na/c1-2-3-4-5-6-7-8-9-10-11-12-13-14-15-16-17-21(18,19)20;/h17H,2-16H2,1H3,(H,18,19,20);/q;+1/p-1. The summed E-state index contributed by atoms with van der Waals surface area (Å²) in [5.74, 6) is 0. The van der Waals surface area contributed by atoms with Crippen molar-refractivity contribution in [2.45, 2.75) is 96.8 Å². The number of unbranched alkanes of at least 4 members (excludes halogenated alkanes) is 13. The summed E-state index contributed by atoms with van der Waals surface area (Å²) in [5, 5.41) is 0. The molecule has 0 fully saturated rings. The summed E-state index contributed by atoms with van der Waals surface area (Å²) >= 11 is 0. The Hall–Kier alpha value is 0.870. The molecule has 0 atom stereocenters. The van der Waals surface area contributed by atoms with Gasteiger partial charge in [0, 0.05) is 6.54 Å². The molecule has 0 bridgehead atoms. The van der Waals surface area contributed by atoms with E-state index >= 15 is 0 Å². The Labute approximate surface area is 160 Å². The first-order valence-corrected chi connectivity index (χ1v) is 10.2. The van der Waals surface area contributed by atoms with Crippen molar-refractivity contribution in [2.75, 3.05) is 6.54 Å². The predicted molar refractivity (Wildman–Crippen MR) is 88.0 cm³/mol. The molecule has 0 heterocycles. The van der Waals surface area contributed by atoms with E-state index in [0.717, 1.165) is 19.3 Å². The molecular formula is C16H34NNaO3S. The molecule has 22 heavy (non-hydrogen) atoms. The minimum absolute atomic E-state index is 0. The molecule has 0 amide bonds. The molecule has 0 aliphatic heterocycles. The van der Waals surface area contributed by atoms with Gasteiger partial charge in [-0.2, -0.15) is 0 Å². The Balaban J connectivity index is 0. The van der Waals surface area contributed by atoms with Gasteiger partial charge in [-0.25, -0.2) is 13.1 Å². The van der Waals surface area contributed by atoms with Gasteiger partial charge >= 0.3 is 29.6 Å². The fourth-order valence-corrected chi connectivity index (χ4v) is 2.91. The number of rotatable bonds is 16. The quantitative estimate of drug-likeness (QED) is 0.262. The fourth-order valence-electron chi connectivity index (χ4n) is 2.52. The largest absolute Gasteiger partial charge is 1.00 e. The third-order valence-corrected chi connectivity index (χ3v) is 4.37. The molecule has 0 aromatic carbocycles. The van der Waals surface area contributed by atoms with Crippen molar-refractivity contribution in [2.24, 2.45) is 0 Å². The van der Waals surface area contributed by atoms with Crippen molar-refractivity contribution in [3.8, 4) is 0 Å². The first-order valence-electron chi connectivity index (χ1n) is 8.76. The Morgan fingerprint density at radius 2 is 1.00 bits per heavy atom. The Morgan fingerprint density at radius 1 is 0.682 bits per heavy atom. The zero-order chi connectivity index (χ0) is 15.8. The van der Waals surface area contributed by atoms with Crippen molar-refractivity contribution < 1.29 is 42.5 Å². The summed E-state index contributed by atoms with van der Waals surface area (Å²) in [6.45, 7) is 2.53. The van der Waals surface area contributed by atoms with Crippen LogP contribution in [0.15, 0.2) is 0 Å². The van der Waals surface area contributed by atoms with E-state index in [0.29, 0.717) is 0 Å². The molecule has 0 saturated carbocycles. The molecule has 0 aromatic heterocycles. The number of nitrogens with one attached hydrogen (secondary N) is 1. The third kappa shape index (κ3) is 23.1. The maximum atomic E-state index is 10.3. The second kappa shape index (κ2) is 18.2. The van der Waals surface area contributed by atoms with Crippen LogP contribution in [0.2, 0.25) is 0 Å². The molecule has 0 spiro atoms. The minimum atomic E-state index is -4.24. The van der Waals surface area contributed by atoms with Gasteiger partial charge < -0.3 is 4.55 Å². The number of hydrogen-bond acceptors (Lipinski definition) is 3. The summed E-state index contributed by atoms with van der Waals surface area (Å²) in [4.78, 5) is 0. The van der Waals surface area contributed by atoms with E-state index in [1.807, 2.05) is 4.72 Å². The molecule has 0 radical (unpaired) electrons. The van der Waals surface area contributed by atoms with Gasteiger partial charge in [-0.1, -0.05) is 90.4 Å². The second-order valence-electron chi connectivity index (χ2n) is 5.94. The average molecular weight is 344 g/mol. The molecule has 0 aliphatic rings. The van der Waals surface area contributed by atoms with Crippen molar-refractivity contribution in [1.29, 1.82) is 0 Å². The minimum Gasteiger partial charge on any atom is -0.735 e. The first-order chi connectivity index (χ1) is 10.1. The molecule has 0 rings (SSSR count). The summed E-state index contributed by atoms with van der Waals surface area (Å²) < 4.78 is 32.9. The Kier molecular flexibility index (Phi) is 20.8. The van der Waals surface area contributed by atoms with Crippen LogP contribution in [0.1, 0.15) is 96.8 Å². The van der Waals surface area contributed by atoms with Gasteiger partial charge in [0.05, 0.1) is 0 Å². The van der Waals surface area contributed by atoms with Crippen LogP contribution in [0.4, 0.5) is 0 Å². The summed E-state index contributed by atoms with van der Waals surface area (Å²) in [6.07, 6.45) is 17.7. The van der Waals surface area contributed by atoms with Crippen LogP contribution in [0, 0.1) is 0 Å². The fraction of sp³-hybridized carbons (Fsp3) is 1.00. The molecule has 6 heteroatoms. The smallest absolute Gasteiger partial charge is 0.735 e. The van der Waals surface area contributed by atoms with Gasteiger partial charge in [0.2, 0.25) is 0 Å². The van der Waals surface area contributed by atoms with E-state index in [4.69, 9.17) is 0 Å². The van der Waals surface area contributed by atoms with Crippen molar-refractivity contribution in [3.63, 3.8) is 0 Å². The molecular weight excluding hydrogens is 309 g/mol. The van der Waals surface area contributed by atoms with Gasteiger partial charge in [-0.05, 0) is 6.42 Å². The Morgan fingerprint density at radius 3 is 1.32 bits per heavy atom. The third-order valence-electron chi connectivity index (χ3n) is 3.81. The van der Waals surface area contributed by atoms with Crippen LogP contribution in [0.5, 0.6) is 0 Å². The van der Waals surface area contributed by atoms with Gasteiger partial charge in [-0.3, -0.25) is 0 Å². The van der Waals surface area contributed by atoms with E-state index in [2.05, 4.69) is 6.92 Å². The van der Waals surface area contributed by atoms with E-state index in [1.54, 1.807) is 0 Å². The topological polar surface area (TPSA) is 69.2 Å². The monoisotopic (exact) mass is 343 g/mol. The second-order valence-corrected chi connectivity index (χ2v) is 7.14. The van der Waals surface area contributed by atoms with Gasteiger partial charge in [0.1, 0.15) is 0 Å². The van der Waals surface area contributed by atoms with Gasteiger partial charge in [0.25, 0.3) is 0 Å². The predicted octanol–water partition coefficient (Wildman–Crippen LogP) is 1.52. The van der Waals surface area contributed by atoms with E-state index in [1.165, 1.54) is 70.6 Å². The van der Waals surface area contributed by atoms with Gasteiger partial charge in [0.15, 0.2) is 10.3 Å². The first kappa shape index (κ1) is 25.1. The van der Waals surface area contributed by atoms with Crippen LogP contribution < -0.4 is 34.3 Å². The van der Waals surface area contributed by atoms with Crippen molar-refractivity contribution in [3.05, 3.63) is 0 Å². The van der Waals surface area contributed by atoms with Crippen LogP contribution >= 0.6 is 0 Å². The molecule has 128 valence electrons. The van der Waals surface area contributed by atoms with Crippen LogP contribution in [0.25, 0.3) is 0 Å². The molecule has 4 nitrogen and oxygen atoms in total. The summed E-state index contributed by atoms with van der Waals surface area (Å²) in [7, 11) is -4.24. The van der Waals surface area contributed by atoms with Crippen LogP contribution in [-0.4, -0.2) is 19.5 Å². The maximum absolute atomic E-state index is 10.3. The molecule has 0 aromatic rings. The maximum Gasteiger partial charge on any atom is 1.00 e. The molecule has 0 unspecified atom stereocenters. The van der Waals surface area contributed by atoms with Crippen LogP contribution in [-0.2, 0) is 10.3 Å². The molecule has 1 N–H and O–H groups in total. The molecule has 0 saturated heterocycles. The van der Waals surface area contributed by atoms with E-state index < -0.39 is 10.3 Å².